The van der Waals surface area contributed by atoms with Gasteiger partial charge in [-0.3, -0.25) is 4.79 Å². The van der Waals surface area contributed by atoms with Crippen molar-refractivity contribution in [3.8, 4) is 16.9 Å². The zero-order valence-electron chi connectivity index (χ0n) is 20.5. The minimum absolute atomic E-state index is 0.0379. The molecule has 9 heteroatoms. The molecule has 1 aliphatic rings. The average molecular weight is 531 g/mol. The molecule has 0 bridgehead atoms. The molecule has 3 aromatic rings. The van der Waals surface area contributed by atoms with Gasteiger partial charge < -0.3 is 20.3 Å². The summed E-state index contributed by atoms with van der Waals surface area (Å²) < 4.78 is 20.0. The Morgan fingerprint density at radius 1 is 1.14 bits per heavy atom. The number of halogens is 3. The van der Waals surface area contributed by atoms with Gasteiger partial charge in [0.25, 0.3) is 5.91 Å². The monoisotopic (exact) mass is 530 g/mol. The molecule has 1 amide bonds. The Balaban J connectivity index is 1.49. The lowest BCUT2D eigenvalue weighted by molar-refractivity contribution is 0.0663. The predicted molar refractivity (Wildman–Crippen MR) is 142 cm³/mol. The zero-order chi connectivity index (χ0) is 26.0. The predicted octanol–water partition coefficient (Wildman–Crippen LogP) is 6.08. The maximum Gasteiger partial charge on any atom is 0.253 e. The van der Waals surface area contributed by atoms with Gasteiger partial charge in [0.2, 0.25) is 0 Å². The van der Waals surface area contributed by atoms with Crippen LogP contribution in [0.1, 0.15) is 41.8 Å². The normalized spacial score (nSPS) is 15.2. The van der Waals surface area contributed by atoms with Crippen molar-refractivity contribution in [1.29, 1.82) is 0 Å². The van der Waals surface area contributed by atoms with Crippen LogP contribution in [0.15, 0.2) is 48.7 Å². The second kappa shape index (κ2) is 11.0. The zero-order valence-corrected chi connectivity index (χ0v) is 22.0. The number of anilines is 1. The van der Waals surface area contributed by atoms with E-state index in [1.807, 2.05) is 29.2 Å². The van der Waals surface area contributed by atoms with Crippen LogP contribution in [-0.2, 0) is 0 Å². The highest BCUT2D eigenvalue weighted by molar-refractivity contribution is 6.36. The second-order valence-corrected chi connectivity index (χ2v) is 9.97. The summed E-state index contributed by atoms with van der Waals surface area (Å²) in [6.07, 6.45) is 2.91. The van der Waals surface area contributed by atoms with Gasteiger partial charge in [-0.15, -0.1) is 0 Å². The average Bonchev–Trinajstić information content (AvgIpc) is 2.87. The number of carbonyl (C=O) groups is 1. The first-order valence-corrected chi connectivity index (χ1v) is 12.5. The Labute approximate surface area is 220 Å². The number of benzene rings is 2. The fourth-order valence-electron chi connectivity index (χ4n) is 4.45. The molecule has 1 unspecified atom stereocenters. The lowest BCUT2D eigenvalue weighted by Gasteiger charge is -2.35. The SMILES string of the molecule is CC(Oc1cc(-c2ccc(C(=O)N3CCC(N(C)C)CC3)cc2)cnc1N)c1c(Cl)ccc(F)c1Cl. The molecule has 1 aliphatic heterocycles. The molecular formula is C27H29Cl2FN4O2. The fourth-order valence-corrected chi connectivity index (χ4v) is 5.12. The van der Waals surface area contributed by atoms with Crippen LogP contribution >= 0.6 is 23.2 Å². The summed E-state index contributed by atoms with van der Waals surface area (Å²) in [5, 5.41) is 0.201. The van der Waals surface area contributed by atoms with Crippen LogP contribution in [-0.4, -0.2) is 53.9 Å². The largest absolute Gasteiger partial charge is 0.482 e. The van der Waals surface area contributed by atoms with Crippen molar-refractivity contribution in [3.05, 3.63) is 75.7 Å². The molecule has 1 fully saturated rings. The minimum Gasteiger partial charge on any atom is -0.482 e. The topological polar surface area (TPSA) is 71.7 Å². The minimum atomic E-state index is -0.670. The maximum absolute atomic E-state index is 14.0. The number of aromatic nitrogens is 1. The Morgan fingerprint density at radius 2 is 1.81 bits per heavy atom. The van der Waals surface area contributed by atoms with Crippen LogP contribution in [0.5, 0.6) is 5.75 Å². The number of ether oxygens (including phenoxy) is 1. The van der Waals surface area contributed by atoms with E-state index in [-0.39, 0.29) is 16.7 Å². The van der Waals surface area contributed by atoms with Crippen molar-refractivity contribution in [2.75, 3.05) is 32.9 Å². The number of hydrogen-bond donors (Lipinski definition) is 1. The molecule has 2 aromatic carbocycles. The Morgan fingerprint density at radius 3 is 2.44 bits per heavy atom. The van der Waals surface area contributed by atoms with Crippen LogP contribution in [0.2, 0.25) is 10.0 Å². The number of nitrogens with two attached hydrogens (primary N) is 1. The molecule has 0 spiro atoms. The quantitative estimate of drug-likeness (QED) is 0.391. The standard InChI is InChI=1S/C27H29Cl2FN4O2/c1-16(24-21(28)8-9-22(30)25(24)29)36-23-14-19(15-32-26(23)31)17-4-6-18(7-5-17)27(35)34-12-10-20(11-13-34)33(2)3/h4-9,14-16,20H,10-13H2,1-3H3,(H2,31,32). The van der Waals surface area contributed by atoms with E-state index < -0.39 is 11.9 Å². The molecular weight excluding hydrogens is 502 g/mol. The summed E-state index contributed by atoms with van der Waals surface area (Å²) in [6, 6.07) is 12.3. The Bertz CT molecular complexity index is 1250. The first kappa shape index (κ1) is 26.2. The molecule has 36 heavy (non-hydrogen) atoms. The van der Waals surface area contributed by atoms with Crippen LogP contribution < -0.4 is 10.5 Å². The van der Waals surface area contributed by atoms with Gasteiger partial charge in [-0.1, -0.05) is 35.3 Å². The number of carbonyl (C=O) groups excluding carboxylic acids is 1. The number of rotatable bonds is 6. The second-order valence-electron chi connectivity index (χ2n) is 9.19. The molecule has 0 saturated carbocycles. The summed E-state index contributed by atoms with van der Waals surface area (Å²) in [4.78, 5) is 21.4. The van der Waals surface area contributed by atoms with E-state index in [9.17, 15) is 9.18 Å². The number of likely N-dealkylation sites (tertiary alicyclic amines) is 1. The maximum atomic E-state index is 14.0. The number of hydrogen-bond acceptors (Lipinski definition) is 5. The van der Waals surface area contributed by atoms with Gasteiger partial charge in [0.1, 0.15) is 11.9 Å². The molecule has 0 aliphatic carbocycles. The van der Waals surface area contributed by atoms with Crippen LogP contribution in [0.3, 0.4) is 0 Å². The third kappa shape index (κ3) is 5.59. The fraction of sp³-hybridized carbons (Fsp3) is 0.333. The van der Waals surface area contributed by atoms with E-state index in [0.29, 0.717) is 27.9 Å². The van der Waals surface area contributed by atoms with E-state index in [4.69, 9.17) is 33.7 Å². The first-order chi connectivity index (χ1) is 17.2. The van der Waals surface area contributed by atoms with Gasteiger partial charge in [-0.25, -0.2) is 9.37 Å². The van der Waals surface area contributed by atoms with E-state index in [1.54, 1.807) is 19.2 Å². The molecule has 190 valence electrons. The van der Waals surface area contributed by atoms with Crippen molar-refractivity contribution in [3.63, 3.8) is 0 Å². The van der Waals surface area contributed by atoms with Crippen LogP contribution in [0, 0.1) is 5.82 Å². The van der Waals surface area contributed by atoms with E-state index in [2.05, 4.69) is 24.0 Å². The van der Waals surface area contributed by atoms with Gasteiger partial charge >= 0.3 is 0 Å². The van der Waals surface area contributed by atoms with Crippen molar-refractivity contribution in [1.82, 2.24) is 14.8 Å². The lowest BCUT2D eigenvalue weighted by atomic mass is 10.0. The first-order valence-electron chi connectivity index (χ1n) is 11.8. The van der Waals surface area contributed by atoms with Crippen molar-refractivity contribution < 1.29 is 13.9 Å². The molecule has 1 saturated heterocycles. The van der Waals surface area contributed by atoms with Gasteiger partial charge in [-0.05, 0) is 69.8 Å². The third-order valence-electron chi connectivity index (χ3n) is 6.62. The molecule has 1 atom stereocenters. The van der Waals surface area contributed by atoms with E-state index in [0.717, 1.165) is 37.1 Å². The van der Waals surface area contributed by atoms with Crippen LogP contribution in [0.25, 0.3) is 11.1 Å². The molecule has 6 nitrogen and oxygen atoms in total. The third-order valence-corrected chi connectivity index (χ3v) is 7.33. The van der Waals surface area contributed by atoms with Gasteiger partial charge in [0, 0.05) is 47.0 Å². The van der Waals surface area contributed by atoms with Gasteiger partial charge in [-0.2, -0.15) is 0 Å². The summed E-state index contributed by atoms with van der Waals surface area (Å²) in [5.41, 5.74) is 8.63. The number of amides is 1. The Kier molecular flexibility index (Phi) is 8.03. The smallest absolute Gasteiger partial charge is 0.253 e. The molecule has 4 rings (SSSR count). The van der Waals surface area contributed by atoms with Crippen molar-refractivity contribution in [2.24, 2.45) is 0 Å². The molecule has 2 heterocycles. The number of nitrogen functional groups attached to an aromatic ring is 1. The van der Waals surface area contributed by atoms with Crippen LogP contribution in [0.4, 0.5) is 10.2 Å². The number of piperidine rings is 1. The van der Waals surface area contributed by atoms with E-state index in [1.165, 1.54) is 12.1 Å². The number of nitrogens with zero attached hydrogens (tertiary/aromatic N) is 3. The highest BCUT2D eigenvalue weighted by Crippen LogP contribution is 2.37. The van der Waals surface area contributed by atoms with Crippen molar-refractivity contribution >= 4 is 34.9 Å². The highest BCUT2D eigenvalue weighted by atomic mass is 35.5. The summed E-state index contributed by atoms with van der Waals surface area (Å²) in [7, 11) is 4.16. The summed E-state index contributed by atoms with van der Waals surface area (Å²) in [6.45, 7) is 3.22. The van der Waals surface area contributed by atoms with Gasteiger partial charge in [0.15, 0.2) is 11.6 Å². The molecule has 2 N–H and O–H groups in total. The van der Waals surface area contributed by atoms with Crippen molar-refractivity contribution in [2.45, 2.75) is 31.9 Å². The summed E-state index contributed by atoms with van der Waals surface area (Å²) in [5.74, 6) is -0.0403. The Hall–Kier alpha value is -2.87. The highest BCUT2D eigenvalue weighted by Gasteiger charge is 2.25. The summed E-state index contributed by atoms with van der Waals surface area (Å²) >= 11 is 12.4. The molecule has 1 aromatic heterocycles. The lowest BCUT2D eigenvalue weighted by Crippen LogP contribution is -2.44. The van der Waals surface area contributed by atoms with Gasteiger partial charge in [0.05, 0.1) is 5.02 Å². The number of pyridine rings is 1. The molecule has 0 radical (unpaired) electrons. The van der Waals surface area contributed by atoms with E-state index >= 15 is 0 Å².